The first-order chi connectivity index (χ1) is 9.70. The van der Waals surface area contributed by atoms with Crippen LogP contribution >= 0.6 is 0 Å². The summed E-state index contributed by atoms with van der Waals surface area (Å²) in [5, 5.41) is 0. The number of fused-ring (bicyclic) bond motifs is 2. The number of aryl methyl sites for hydroxylation is 1. The van der Waals surface area contributed by atoms with Crippen molar-refractivity contribution in [2.24, 2.45) is 11.8 Å². The Labute approximate surface area is 120 Å². The summed E-state index contributed by atoms with van der Waals surface area (Å²) in [7, 11) is 0. The molecule has 3 rings (SSSR count). The van der Waals surface area contributed by atoms with Gasteiger partial charge in [-0.05, 0) is 42.7 Å². The van der Waals surface area contributed by atoms with Crippen LogP contribution in [0.2, 0.25) is 0 Å². The zero-order chi connectivity index (χ0) is 14.1. The molecule has 104 valence electrons. The summed E-state index contributed by atoms with van der Waals surface area (Å²) >= 11 is 0. The minimum absolute atomic E-state index is 0.217. The quantitative estimate of drug-likeness (QED) is 0.609. The summed E-state index contributed by atoms with van der Waals surface area (Å²) in [4.78, 5) is 11.5. The minimum Gasteiger partial charge on any atom is -0.431 e. The molecule has 1 aromatic rings. The summed E-state index contributed by atoms with van der Waals surface area (Å²) in [6.07, 6.45) is 6.11. The highest BCUT2D eigenvalue weighted by Crippen LogP contribution is 2.51. The highest BCUT2D eigenvalue weighted by Gasteiger charge is 2.43. The van der Waals surface area contributed by atoms with Gasteiger partial charge >= 0.3 is 5.97 Å². The normalized spacial score (nSPS) is 27.6. The summed E-state index contributed by atoms with van der Waals surface area (Å²) < 4.78 is 5.60. The van der Waals surface area contributed by atoms with E-state index in [4.69, 9.17) is 4.74 Å². The van der Waals surface area contributed by atoms with E-state index in [1.807, 2.05) is 6.08 Å². The van der Waals surface area contributed by atoms with Gasteiger partial charge in [-0.15, -0.1) is 6.58 Å². The van der Waals surface area contributed by atoms with E-state index >= 15 is 0 Å². The molecule has 0 aliphatic heterocycles. The number of carbonyl (C=O) groups is 1. The van der Waals surface area contributed by atoms with Gasteiger partial charge in [-0.3, -0.25) is 4.79 Å². The average molecular weight is 268 g/mol. The second kappa shape index (κ2) is 5.28. The van der Waals surface area contributed by atoms with Gasteiger partial charge in [0.15, 0.2) is 0 Å². The van der Waals surface area contributed by atoms with Crippen molar-refractivity contribution in [1.82, 2.24) is 0 Å². The van der Waals surface area contributed by atoms with Crippen LogP contribution in [0.5, 0.6) is 0 Å². The van der Waals surface area contributed by atoms with Crippen molar-refractivity contribution in [3.63, 3.8) is 0 Å². The van der Waals surface area contributed by atoms with E-state index in [1.54, 1.807) is 0 Å². The van der Waals surface area contributed by atoms with Gasteiger partial charge in [0.2, 0.25) is 0 Å². The Bertz CT molecular complexity index is 583. The minimum atomic E-state index is -0.217. The molecule has 2 atom stereocenters. The molecule has 0 unspecified atom stereocenters. The van der Waals surface area contributed by atoms with E-state index in [-0.39, 0.29) is 5.97 Å². The lowest BCUT2D eigenvalue weighted by molar-refractivity contribution is -0.137. The molecule has 1 aromatic carbocycles. The maximum atomic E-state index is 11.5. The predicted molar refractivity (Wildman–Crippen MR) is 79.9 cm³/mol. The third-order valence-corrected chi connectivity index (χ3v) is 4.29. The number of benzene rings is 1. The van der Waals surface area contributed by atoms with Crippen molar-refractivity contribution in [1.29, 1.82) is 0 Å². The molecule has 1 fully saturated rings. The number of hydrogen-bond acceptors (Lipinski definition) is 2. The Morgan fingerprint density at radius 2 is 2.25 bits per heavy atom. The van der Waals surface area contributed by atoms with Gasteiger partial charge in [-0.25, -0.2) is 0 Å². The molecule has 0 saturated heterocycles. The van der Waals surface area contributed by atoms with Crippen LogP contribution in [0.3, 0.4) is 0 Å². The Morgan fingerprint density at radius 3 is 3.00 bits per heavy atom. The highest BCUT2D eigenvalue weighted by atomic mass is 16.5. The Morgan fingerprint density at radius 1 is 1.45 bits per heavy atom. The van der Waals surface area contributed by atoms with E-state index in [1.165, 1.54) is 24.5 Å². The molecule has 2 heteroatoms. The fourth-order valence-corrected chi connectivity index (χ4v) is 3.26. The van der Waals surface area contributed by atoms with Crippen LogP contribution in [0, 0.1) is 11.8 Å². The SMILES string of the molecule is C=CC/C1=C(\OC(C)=O)[C@H]2C[C@H]2CCc2ccccc21. The van der Waals surface area contributed by atoms with Gasteiger partial charge in [0, 0.05) is 18.4 Å². The smallest absolute Gasteiger partial charge is 0.307 e. The van der Waals surface area contributed by atoms with Crippen molar-refractivity contribution in [2.75, 3.05) is 0 Å². The van der Waals surface area contributed by atoms with Crippen LogP contribution in [0.25, 0.3) is 5.57 Å². The topological polar surface area (TPSA) is 26.3 Å². The van der Waals surface area contributed by atoms with Crippen molar-refractivity contribution in [3.05, 3.63) is 53.8 Å². The molecule has 0 N–H and O–H groups in total. The molecule has 0 aromatic heterocycles. The van der Waals surface area contributed by atoms with Gasteiger partial charge < -0.3 is 4.74 Å². The van der Waals surface area contributed by atoms with E-state index in [0.717, 1.165) is 30.6 Å². The van der Waals surface area contributed by atoms with Crippen molar-refractivity contribution >= 4 is 11.5 Å². The summed E-state index contributed by atoms with van der Waals surface area (Å²) in [5.74, 6) is 1.79. The van der Waals surface area contributed by atoms with Gasteiger partial charge in [0.05, 0.1) is 0 Å². The highest BCUT2D eigenvalue weighted by molar-refractivity contribution is 5.76. The molecule has 0 radical (unpaired) electrons. The number of rotatable bonds is 3. The van der Waals surface area contributed by atoms with Gasteiger partial charge in [0.1, 0.15) is 5.76 Å². The van der Waals surface area contributed by atoms with Gasteiger partial charge in [0.25, 0.3) is 0 Å². The summed E-state index contributed by atoms with van der Waals surface area (Å²) in [5.41, 5.74) is 3.74. The van der Waals surface area contributed by atoms with Crippen LogP contribution in [-0.2, 0) is 16.0 Å². The van der Waals surface area contributed by atoms with E-state index in [2.05, 4.69) is 30.8 Å². The number of carbonyl (C=O) groups excluding carboxylic acids is 1. The van der Waals surface area contributed by atoms with Crippen LogP contribution in [0.1, 0.15) is 37.3 Å². The second-order valence-electron chi connectivity index (χ2n) is 5.73. The lowest BCUT2D eigenvalue weighted by atomic mass is 9.89. The zero-order valence-electron chi connectivity index (χ0n) is 11.9. The van der Waals surface area contributed by atoms with Crippen LogP contribution in [-0.4, -0.2) is 5.97 Å². The number of ether oxygens (including phenoxy) is 1. The monoisotopic (exact) mass is 268 g/mol. The van der Waals surface area contributed by atoms with Crippen molar-refractivity contribution in [3.8, 4) is 0 Å². The number of hydrogen-bond donors (Lipinski definition) is 0. The lowest BCUT2D eigenvalue weighted by Gasteiger charge is -2.19. The van der Waals surface area contributed by atoms with E-state index < -0.39 is 0 Å². The molecule has 0 spiro atoms. The molecule has 20 heavy (non-hydrogen) atoms. The molecule has 1 saturated carbocycles. The Hall–Kier alpha value is -1.83. The second-order valence-corrected chi connectivity index (χ2v) is 5.73. The number of allylic oxidation sites excluding steroid dienone is 3. The van der Waals surface area contributed by atoms with Gasteiger partial charge in [-0.2, -0.15) is 0 Å². The van der Waals surface area contributed by atoms with E-state index in [9.17, 15) is 4.79 Å². The van der Waals surface area contributed by atoms with Gasteiger partial charge in [-0.1, -0.05) is 30.3 Å². The molecule has 0 heterocycles. The largest absolute Gasteiger partial charge is 0.431 e. The first kappa shape index (κ1) is 13.2. The molecular weight excluding hydrogens is 248 g/mol. The van der Waals surface area contributed by atoms with Crippen molar-refractivity contribution < 1.29 is 9.53 Å². The fraction of sp³-hybridized carbons (Fsp3) is 0.389. The maximum absolute atomic E-state index is 11.5. The summed E-state index contributed by atoms with van der Waals surface area (Å²) in [6.45, 7) is 5.35. The lowest BCUT2D eigenvalue weighted by Crippen LogP contribution is -2.09. The maximum Gasteiger partial charge on any atom is 0.307 e. The average Bonchev–Trinajstić information content (AvgIpc) is 3.18. The fourth-order valence-electron chi connectivity index (χ4n) is 3.26. The van der Waals surface area contributed by atoms with Crippen LogP contribution in [0.4, 0.5) is 0 Å². The molecule has 2 aliphatic rings. The molecule has 2 nitrogen and oxygen atoms in total. The molecule has 2 aliphatic carbocycles. The molecule has 0 bridgehead atoms. The standard InChI is InChI=1S/C18H20O2/c1-3-6-16-15-8-5-4-7-13(15)9-10-14-11-17(14)18(16)20-12(2)19/h3-5,7-8,14,17H,1,6,9-11H2,2H3/b18-16+/t14-,17+/m1/s1. The number of esters is 1. The van der Waals surface area contributed by atoms with Crippen LogP contribution in [0.15, 0.2) is 42.7 Å². The Kier molecular flexibility index (Phi) is 3.47. The first-order valence-electron chi connectivity index (χ1n) is 7.31. The summed E-state index contributed by atoms with van der Waals surface area (Å²) in [6, 6.07) is 8.47. The van der Waals surface area contributed by atoms with Crippen molar-refractivity contribution in [2.45, 2.75) is 32.6 Å². The first-order valence-corrected chi connectivity index (χ1v) is 7.31. The molecule has 0 amide bonds. The van der Waals surface area contributed by atoms with E-state index in [0.29, 0.717) is 11.8 Å². The third kappa shape index (κ3) is 2.43. The Balaban J connectivity index is 2.13. The third-order valence-electron chi connectivity index (χ3n) is 4.29. The zero-order valence-corrected chi connectivity index (χ0v) is 11.9. The molecular formula is C18H20O2. The van der Waals surface area contributed by atoms with Crippen LogP contribution < -0.4 is 0 Å². The predicted octanol–water partition coefficient (Wildman–Crippen LogP) is 4.12.